The van der Waals surface area contributed by atoms with Crippen LogP contribution < -0.4 is 0 Å². The van der Waals surface area contributed by atoms with Crippen molar-refractivity contribution in [3.05, 3.63) is 111 Å². The first-order valence-electron chi connectivity index (χ1n) is 10.3. The number of likely N-dealkylation sites (tertiary alicyclic amines) is 1. The molecule has 0 N–H and O–H groups in total. The van der Waals surface area contributed by atoms with Gasteiger partial charge in [0.05, 0.1) is 0 Å². The van der Waals surface area contributed by atoms with Gasteiger partial charge in [-0.3, -0.25) is 4.90 Å². The topological polar surface area (TPSA) is 3.24 Å². The van der Waals surface area contributed by atoms with Crippen molar-refractivity contribution in [2.45, 2.75) is 19.4 Å². The number of halogens is 2. The quantitative estimate of drug-likeness (QED) is 0.319. The highest BCUT2D eigenvalue weighted by Gasteiger charge is 2.22. The van der Waals surface area contributed by atoms with Crippen molar-refractivity contribution in [1.82, 2.24) is 4.90 Å². The standard InChI is InChI=1S/C27H24ClN.ClH/c28-26-12-6-3-9-23(26)19-29-17-15-22(16-18-29)27-24-10-4-1-7-20(24)13-14-21-8-2-5-11-25(21)27;/h1-14H,15-19H2;1H. The Balaban J connectivity index is 0.00000218. The van der Waals surface area contributed by atoms with Gasteiger partial charge in [0.25, 0.3) is 0 Å². The number of fused-ring (bicyclic) bond motifs is 2. The maximum atomic E-state index is 6.38. The van der Waals surface area contributed by atoms with Gasteiger partial charge >= 0.3 is 0 Å². The third-order valence-corrected chi connectivity index (χ3v) is 6.44. The maximum absolute atomic E-state index is 6.38. The van der Waals surface area contributed by atoms with Crippen LogP contribution in [-0.2, 0) is 6.54 Å². The normalized spacial score (nSPS) is 15.8. The van der Waals surface area contributed by atoms with Crippen molar-refractivity contribution in [2.24, 2.45) is 0 Å². The zero-order valence-corrected chi connectivity index (χ0v) is 18.4. The van der Waals surface area contributed by atoms with E-state index in [9.17, 15) is 0 Å². The Labute approximate surface area is 190 Å². The van der Waals surface area contributed by atoms with E-state index in [1.165, 1.54) is 33.4 Å². The van der Waals surface area contributed by atoms with Gasteiger partial charge in [-0.1, -0.05) is 96.1 Å². The van der Waals surface area contributed by atoms with E-state index >= 15 is 0 Å². The zero-order chi connectivity index (χ0) is 19.6. The molecule has 0 spiro atoms. The number of rotatable bonds is 2. The van der Waals surface area contributed by atoms with E-state index in [0.717, 1.165) is 37.5 Å². The molecule has 0 radical (unpaired) electrons. The largest absolute Gasteiger partial charge is 0.298 e. The third kappa shape index (κ3) is 4.11. The number of piperidine rings is 1. The maximum Gasteiger partial charge on any atom is 0.0451 e. The van der Waals surface area contributed by atoms with E-state index in [-0.39, 0.29) is 12.4 Å². The number of nitrogens with zero attached hydrogens (tertiary/aromatic N) is 1. The Bertz CT molecular complexity index is 1050. The molecule has 0 unspecified atom stereocenters. The Hall–Kier alpha value is -2.32. The molecule has 0 amide bonds. The van der Waals surface area contributed by atoms with Gasteiger partial charge in [-0.25, -0.2) is 0 Å². The molecule has 0 aromatic heterocycles. The highest BCUT2D eigenvalue weighted by atomic mass is 35.5. The van der Waals surface area contributed by atoms with Crippen LogP contribution in [0.5, 0.6) is 0 Å². The second-order valence-corrected chi connectivity index (χ2v) is 8.26. The van der Waals surface area contributed by atoms with Gasteiger partial charge < -0.3 is 0 Å². The van der Waals surface area contributed by atoms with Gasteiger partial charge in [-0.15, -0.1) is 12.4 Å². The van der Waals surface area contributed by atoms with Crippen LogP contribution in [0.25, 0.3) is 17.7 Å². The molecule has 152 valence electrons. The molecule has 0 atom stereocenters. The van der Waals surface area contributed by atoms with Gasteiger partial charge in [0.1, 0.15) is 0 Å². The van der Waals surface area contributed by atoms with E-state index < -0.39 is 0 Å². The van der Waals surface area contributed by atoms with E-state index in [0.29, 0.717) is 0 Å². The van der Waals surface area contributed by atoms with Gasteiger partial charge in [-0.05, 0) is 52.3 Å². The predicted octanol–water partition coefficient (Wildman–Crippen LogP) is 7.34. The van der Waals surface area contributed by atoms with E-state index in [1.807, 2.05) is 12.1 Å². The molecule has 0 bridgehead atoms. The Morgan fingerprint density at radius 1 is 0.700 bits per heavy atom. The lowest BCUT2D eigenvalue weighted by Gasteiger charge is -2.30. The van der Waals surface area contributed by atoms with Crippen molar-refractivity contribution in [1.29, 1.82) is 0 Å². The number of hydrogen-bond acceptors (Lipinski definition) is 1. The molecule has 1 aliphatic carbocycles. The lowest BCUT2D eigenvalue weighted by molar-refractivity contribution is 0.248. The van der Waals surface area contributed by atoms with Crippen LogP contribution in [0.4, 0.5) is 0 Å². The first kappa shape index (κ1) is 20.9. The average molecular weight is 434 g/mol. The molecule has 1 nitrogen and oxygen atoms in total. The lowest BCUT2D eigenvalue weighted by Crippen LogP contribution is -2.30. The third-order valence-electron chi connectivity index (χ3n) is 6.07. The van der Waals surface area contributed by atoms with Crippen LogP contribution in [0.3, 0.4) is 0 Å². The van der Waals surface area contributed by atoms with Crippen LogP contribution >= 0.6 is 24.0 Å². The molecule has 1 fully saturated rings. The van der Waals surface area contributed by atoms with Gasteiger partial charge in [-0.2, -0.15) is 0 Å². The summed E-state index contributed by atoms with van der Waals surface area (Å²) in [6.07, 6.45) is 6.72. The minimum atomic E-state index is 0. The molecule has 30 heavy (non-hydrogen) atoms. The van der Waals surface area contributed by atoms with Crippen molar-refractivity contribution >= 4 is 41.7 Å². The molecule has 1 saturated heterocycles. The molecule has 0 saturated carbocycles. The zero-order valence-electron chi connectivity index (χ0n) is 16.9. The van der Waals surface area contributed by atoms with Gasteiger partial charge in [0.2, 0.25) is 0 Å². The van der Waals surface area contributed by atoms with Crippen molar-refractivity contribution < 1.29 is 0 Å². The molecule has 3 aromatic rings. The Kier molecular flexibility index (Phi) is 6.43. The summed E-state index contributed by atoms with van der Waals surface area (Å²) in [6.45, 7) is 3.07. The first-order chi connectivity index (χ1) is 14.3. The van der Waals surface area contributed by atoms with Gasteiger partial charge in [0, 0.05) is 24.7 Å². The van der Waals surface area contributed by atoms with E-state index in [1.54, 1.807) is 5.57 Å². The van der Waals surface area contributed by atoms with Crippen LogP contribution in [0, 0.1) is 0 Å². The Morgan fingerprint density at radius 2 is 1.23 bits per heavy atom. The molecular formula is C27H25Cl2N. The van der Waals surface area contributed by atoms with Crippen LogP contribution in [-0.4, -0.2) is 18.0 Å². The molecule has 1 heterocycles. The van der Waals surface area contributed by atoms with Crippen LogP contribution in [0.2, 0.25) is 5.02 Å². The van der Waals surface area contributed by atoms with Crippen molar-refractivity contribution in [2.75, 3.05) is 13.1 Å². The van der Waals surface area contributed by atoms with Crippen LogP contribution in [0.1, 0.15) is 40.7 Å². The highest BCUT2D eigenvalue weighted by molar-refractivity contribution is 6.31. The summed E-state index contributed by atoms with van der Waals surface area (Å²) in [5.41, 5.74) is 9.59. The fraction of sp³-hybridized carbons (Fsp3) is 0.185. The van der Waals surface area contributed by atoms with Crippen molar-refractivity contribution in [3.63, 3.8) is 0 Å². The molecule has 3 aromatic carbocycles. The summed E-state index contributed by atoms with van der Waals surface area (Å²) in [5.74, 6) is 0. The molecule has 5 rings (SSSR count). The monoisotopic (exact) mass is 433 g/mol. The molecule has 2 aliphatic rings. The molecule has 1 aliphatic heterocycles. The number of hydrogen-bond donors (Lipinski definition) is 0. The second-order valence-electron chi connectivity index (χ2n) is 7.85. The first-order valence-corrected chi connectivity index (χ1v) is 10.7. The predicted molar refractivity (Wildman–Crippen MR) is 131 cm³/mol. The fourth-order valence-electron chi connectivity index (χ4n) is 4.54. The van der Waals surface area contributed by atoms with Crippen LogP contribution in [0.15, 0.2) is 78.4 Å². The van der Waals surface area contributed by atoms with Crippen molar-refractivity contribution in [3.8, 4) is 0 Å². The number of benzene rings is 3. The highest BCUT2D eigenvalue weighted by Crippen LogP contribution is 2.38. The summed E-state index contributed by atoms with van der Waals surface area (Å²) in [6, 6.07) is 25.8. The Morgan fingerprint density at radius 3 is 1.83 bits per heavy atom. The average Bonchev–Trinajstić information content (AvgIpc) is 2.93. The lowest BCUT2D eigenvalue weighted by atomic mass is 9.86. The summed E-state index contributed by atoms with van der Waals surface area (Å²) >= 11 is 6.38. The second kappa shape index (κ2) is 9.22. The minimum absolute atomic E-state index is 0. The smallest absolute Gasteiger partial charge is 0.0451 e. The summed E-state index contributed by atoms with van der Waals surface area (Å²) < 4.78 is 0. The fourth-order valence-corrected chi connectivity index (χ4v) is 4.74. The minimum Gasteiger partial charge on any atom is -0.298 e. The molecular weight excluding hydrogens is 409 g/mol. The summed E-state index contributed by atoms with van der Waals surface area (Å²) in [4.78, 5) is 2.53. The SMILES string of the molecule is Cl.Clc1ccccc1CN1CCC(=C2c3ccccc3C=Cc3ccccc32)CC1. The summed E-state index contributed by atoms with van der Waals surface area (Å²) in [5, 5.41) is 0.870. The van der Waals surface area contributed by atoms with Gasteiger partial charge in [0.15, 0.2) is 0 Å². The van der Waals surface area contributed by atoms with E-state index in [2.05, 4.69) is 77.7 Å². The van der Waals surface area contributed by atoms with E-state index in [4.69, 9.17) is 11.6 Å². The molecule has 3 heteroatoms. The summed E-state index contributed by atoms with van der Waals surface area (Å²) in [7, 11) is 0.